The fourth-order valence-corrected chi connectivity index (χ4v) is 7.02. The third-order valence-corrected chi connectivity index (χ3v) is 9.26. The van der Waals surface area contributed by atoms with Crippen molar-refractivity contribution >= 4 is 28.8 Å². The van der Waals surface area contributed by atoms with Crippen molar-refractivity contribution in [1.29, 1.82) is 0 Å². The molecule has 0 unspecified atom stereocenters. The van der Waals surface area contributed by atoms with Crippen molar-refractivity contribution in [3.63, 3.8) is 0 Å². The molecule has 1 aliphatic carbocycles. The first-order valence-corrected chi connectivity index (χ1v) is 16.2. The van der Waals surface area contributed by atoms with Crippen molar-refractivity contribution < 1.29 is 9.59 Å². The maximum absolute atomic E-state index is 14.5. The molecule has 46 heavy (non-hydrogen) atoms. The first-order chi connectivity index (χ1) is 21.5. The quantitative estimate of drug-likeness (QED) is 0.216. The van der Waals surface area contributed by atoms with Crippen molar-refractivity contribution in [2.75, 3.05) is 9.80 Å². The van der Waals surface area contributed by atoms with Crippen LogP contribution in [0.5, 0.6) is 0 Å². The highest BCUT2D eigenvalue weighted by Gasteiger charge is 2.67. The van der Waals surface area contributed by atoms with Crippen LogP contribution in [0, 0.1) is 47.0 Å². The monoisotopic (exact) mass is 612 g/mol. The Bertz CT molecular complexity index is 1690. The van der Waals surface area contributed by atoms with E-state index in [1.54, 1.807) is 13.8 Å². The fourth-order valence-electron chi connectivity index (χ4n) is 7.02. The minimum absolute atomic E-state index is 0.0270. The molecule has 0 N–H and O–H groups in total. The van der Waals surface area contributed by atoms with Crippen molar-refractivity contribution in [3.8, 4) is 0 Å². The summed E-state index contributed by atoms with van der Waals surface area (Å²) in [5, 5.41) is 0. The van der Waals surface area contributed by atoms with Gasteiger partial charge >= 0.3 is 0 Å². The summed E-state index contributed by atoms with van der Waals surface area (Å²) in [4.78, 5) is 32.9. The highest BCUT2D eigenvalue weighted by Crippen LogP contribution is 2.59. The molecule has 4 heteroatoms. The predicted molar refractivity (Wildman–Crippen MR) is 192 cm³/mol. The van der Waals surface area contributed by atoms with Gasteiger partial charge in [-0.3, -0.25) is 19.4 Å². The number of amides is 2. The van der Waals surface area contributed by atoms with Crippen LogP contribution in [0.1, 0.15) is 79.1 Å². The number of hydrogen-bond acceptors (Lipinski definition) is 2. The molecule has 2 aliphatic rings. The number of benzene rings is 4. The maximum atomic E-state index is 14.5. The van der Waals surface area contributed by atoms with Crippen LogP contribution in [0.2, 0.25) is 0 Å². The van der Waals surface area contributed by atoms with E-state index in [-0.39, 0.29) is 17.2 Å². The van der Waals surface area contributed by atoms with Gasteiger partial charge in [0.1, 0.15) is 5.41 Å². The molecular formula is C42H48N2O2. The fraction of sp³-hybridized carbons (Fsp3) is 0.333. The number of hydrogen-bond donors (Lipinski definition) is 0. The minimum atomic E-state index is -1.24. The Morgan fingerprint density at radius 1 is 0.565 bits per heavy atom. The Kier molecular flexibility index (Phi) is 8.40. The molecule has 1 heterocycles. The molecule has 0 saturated carbocycles. The second-order valence-electron chi connectivity index (χ2n) is 14.7. The predicted octanol–water partition coefficient (Wildman–Crippen LogP) is 9.72. The smallest absolute Gasteiger partial charge is 0.244 e. The Labute approximate surface area is 275 Å². The number of nitrogens with zero attached hydrogens (tertiary/aromatic N) is 2. The van der Waals surface area contributed by atoms with Gasteiger partial charge in [-0.15, -0.1) is 0 Å². The lowest BCUT2D eigenvalue weighted by molar-refractivity contribution is -0.141. The second-order valence-corrected chi connectivity index (χ2v) is 14.7. The molecule has 1 aliphatic heterocycles. The SMILES string of the molecule is Cc1cc(C)c(N2C(=O)C(C)(C)C(=O)N(c3c(C)cc(C)cc3C)C23C=C3c2ccc(C(C)(C)C)cc2)c(C)c1.c1ccccc1. The zero-order valence-electron chi connectivity index (χ0n) is 29.4. The van der Waals surface area contributed by atoms with E-state index in [4.69, 9.17) is 0 Å². The van der Waals surface area contributed by atoms with Crippen LogP contribution in [-0.2, 0) is 15.0 Å². The van der Waals surface area contributed by atoms with Crippen LogP contribution in [-0.4, -0.2) is 17.5 Å². The van der Waals surface area contributed by atoms with E-state index < -0.39 is 11.1 Å². The largest absolute Gasteiger partial charge is 0.279 e. The normalized spacial score (nSPS) is 16.6. The van der Waals surface area contributed by atoms with Gasteiger partial charge in [-0.1, -0.05) is 117 Å². The van der Waals surface area contributed by atoms with Crippen molar-refractivity contribution in [2.24, 2.45) is 5.41 Å². The average Bonchev–Trinajstić information content (AvgIpc) is 3.71. The molecule has 238 valence electrons. The van der Waals surface area contributed by atoms with Gasteiger partial charge in [0.2, 0.25) is 11.8 Å². The molecule has 0 atom stereocenters. The summed E-state index contributed by atoms with van der Waals surface area (Å²) in [6.45, 7) is 22.5. The Hall–Kier alpha value is -4.44. The lowest BCUT2D eigenvalue weighted by atomic mass is 9.82. The highest BCUT2D eigenvalue weighted by molar-refractivity contribution is 6.27. The summed E-state index contributed by atoms with van der Waals surface area (Å²) < 4.78 is 0. The summed E-state index contributed by atoms with van der Waals surface area (Å²) >= 11 is 0. The lowest BCUT2D eigenvalue weighted by Gasteiger charge is -2.52. The first-order valence-electron chi connectivity index (χ1n) is 16.2. The van der Waals surface area contributed by atoms with Crippen LogP contribution in [0.25, 0.3) is 5.57 Å². The van der Waals surface area contributed by atoms with E-state index in [2.05, 4.69) is 117 Å². The van der Waals surface area contributed by atoms with Gasteiger partial charge in [0.15, 0.2) is 5.66 Å². The van der Waals surface area contributed by atoms with Gasteiger partial charge in [-0.2, -0.15) is 0 Å². The van der Waals surface area contributed by atoms with Crippen molar-refractivity contribution in [1.82, 2.24) is 0 Å². The Morgan fingerprint density at radius 3 is 1.24 bits per heavy atom. The Balaban J connectivity index is 0.000000624. The topological polar surface area (TPSA) is 40.6 Å². The van der Waals surface area contributed by atoms with Gasteiger partial charge in [0.05, 0.1) is 11.4 Å². The number of carbonyl (C=O) groups is 2. The summed E-state index contributed by atoms with van der Waals surface area (Å²) in [7, 11) is 0. The van der Waals surface area contributed by atoms with Gasteiger partial charge in [0, 0.05) is 5.57 Å². The summed E-state index contributed by atoms with van der Waals surface area (Å²) in [5.41, 5.74) is 9.15. The maximum Gasteiger partial charge on any atom is 0.244 e. The molecular weight excluding hydrogens is 564 g/mol. The van der Waals surface area contributed by atoms with Crippen LogP contribution in [0.3, 0.4) is 0 Å². The van der Waals surface area contributed by atoms with Gasteiger partial charge in [0.25, 0.3) is 0 Å². The molecule has 1 spiro atoms. The molecule has 4 nitrogen and oxygen atoms in total. The van der Waals surface area contributed by atoms with E-state index in [0.717, 1.165) is 55.9 Å². The zero-order chi connectivity index (χ0) is 33.8. The standard InChI is InChI=1S/C36H42N2O2.C6H6/c1-21-16-23(3)30(24(4)17-21)37-32(39)35(10,11)33(40)38(31-25(5)18-22(2)19-26(31)6)36(37)20-29(36)27-12-14-28(15-13-27)34(7,8)9;1-2-4-6-5-3-1/h12-20H,1-11H3;1-6H. The van der Waals surface area contributed by atoms with Gasteiger partial charge in [-0.05, 0) is 100 Å². The third kappa shape index (κ3) is 5.59. The van der Waals surface area contributed by atoms with E-state index in [1.165, 1.54) is 5.56 Å². The number of anilines is 2. The molecule has 4 aromatic carbocycles. The second kappa shape index (κ2) is 11.7. The van der Waals surface area contributed by atoms with Crippen LogP contribution in [0.4, 0.5) is 11.4 Å². The molecule has 0 aromatic heterocycles. The number of carbonyl (C=O) groups excluding carboxylic acids is 2. The Morgan fingerprint density at radius 2 is 0.913 bits per heavy atom. The molecule has 2 amide bonds. The summed E-state index contributed by atoms with van der Waals surface area (Å²) in [6.07, 6.45) is 2.11. The van der Waals surface area contributed by atoms with Crippen molar-refractivity contribution in [3.05, 3.63) is 136 Å². The molecule has 0 bridgehead atoms. The lowest BCUT2D eigenvalue weighted by Crippen LogP contribution is -2.70. The molecule has 4 aromatic rings. The van der Waals surface area contributed by atoms with Crippen LogP contribution in [0.15, 0.2) is 91.0 Å². The first kappa shape index (κ1) is 32.9. The van der Waals surface area contributed by atoms with E-state index in [9.17, 15) is 9.59 Å². The number of aryl methyl sites for hydroxylation is 6. The van der Waals surface area contributed by atoms with E-state index in [1.807, 2.05) is 46.2 Å². The molecule has 1 fully saturated rings. The third-order valence-electron chi connectivity index (χ3n) is 9.26. The van der Waals surface area contributed by atoms with Crippen molar-refractivity contribution in [2.45, 2.75) is 87.2 Å². The van der Waals surface area contributed by atoms with E-state index >= 15 is 0 Å². The minimum Gasteiger partial charge on any atom is -0.279 e. The zero-order valence-corrected chi connectivity index (χ0v) is 29.4. The molecule has 0 radical (unpaired) electrons. The number of rotatable bonds is 3. The molecule has 1 saturated heterocycles. The van der Waals surface area contributed by atoms with Gasteiger partial charge in [-0.25, -0.2) is 0 Å². The van der Waals surface area contributed by atoms with Gasteiger partial charge < -0.3 is 0 Å². The van der Waals surface area contributed by atoms with Crippen LogP contribution < -0.4 is 9.80 Å². The summed E-state index contributed by atoms with van der Waals surface area (Å²) in [6, 6.07) is 29.1. The van der Waals surface area contributed by atoms with E-state index in [0.29, 0.717) is 0 Å². The highest BCUT2D eigenvalue weighted by atomic mass is 16.2. The van der Waals surface area contributed by atoms with Crippen LogP contribution >= 0.6 is 0 Å². The summed E-state index contributed by atoms with van der Waals surface area (Å²) in [5.74, 6) is -0.354. The average molecular weight is 613 g/mol. The molecule has 6 rings (SSSR count).